The van der Waals surface area contributed by atoms with Gasteiger partial charge in [-0.05, 0) is 12.1 Å². The van der Waals surface area contributed by atoms with Crippen LogP contribution < -0.4 is 19.7 Å². The van der Waals surface area contributed by atoms with E-state index in [1.807, 2.05) is 0 Å². The monoisotopic (exact) mass is 264 g/mol. The Hall–Kier alpha value is -2.44. The molecule has 0 aliphatic carbocycles. The summed E-state index contributed by atoms with van der Waals surface area (Å²) in [6.07, 6.45) is -0.0905. The number of rotatable bonds is 3. The lowest BCUT2D eigenvalue weighted by Crippen LogP contribution is -2.29. The molecular formula is C12H12N2O5. The Bertz CT molecular complexity index is 545. The number of benzene rings is 1. The fourth-order valence-electron chi connectivity index (χ4n) is 2.20. The predicted octanol–water partition coefficient (Wildman–Crippen LogP) is 0.788. The number of fused-ring (bicyclic) bond motifs is 1. The highest BCUT2D eigenvalue weighted by atomic mass is 16.7. The number of carbonyl (C=O) groups excluding carboxylic acids is 1. The quantitative estimate of drug-likeness (QED) is 0.842. The van der Waals surface area contributed by atoms with Crippen LogP contribution in [-0.2, 0) is 4.79 Å². The van der Waals surface area contributed by atoms with E-state index in [-0.39, 0.29) is 25.3 Å². The number of carboxylic acid groups (broad SMARTS) is 1. The van der Waals surface area contributed by atoms with Gasteiger partial charge in [0.05, 0.1) is 12.5 Å². The molecule has 7 nitrogen and oxygen atoms in total. The summed E-state index contributed by atoms with van der Waals surface area (Å²) in [5, 5.41) is 11.4. The molecule has 1 unspecified atom stereocenters. The lowest BCUT2D eigenvalue weighted by molar-refractivity contribution is -0.137. The molecule has 100 valence electrons. The standard InChI is InChI=1S/C12H12N2O5/c15-11(16)3-7-5-14(12(17)13-7)8-1-2-9-10(4-8)19-6-18-9/h1-2,4,7H,3,5-6H2,(H,13,17)(H,15,16). The molecule has 7 heteroatoms. The number of aliphatic carboxylic acids is 1. The zero-order valence-electron chi connectivity index (χ0n) is 9.96. The van der Waals surface area contributed by atoms with Crippen LogP contribution in [0.15, 0.2) is 18.2 Å². The minimum Gasteiger partial charge on any atom is -0.481 e. The van der Waals surface area contributed by atoms with Crippen LogP contribution in [0.25, 0.3) is 0 Å². The predicted molar refractivity (Wildman–Crippen MR) is 64.5 cm³/mol. The number of ether oxygens (including phenoxy) is 2. The van der Waals surface area contributed by atoms with E-state index in [2.05, 4.69) is 5.32 Å². The average molecular weight is 264 g/mol. The van der Waals surface area contributed by atoms with Crippen molar-refractivity contribution in [2.75, 3.05) is 18.2 Å². The van der Waals surface area contributed by atoms with E-state index in [4.69, 9.17) is 14.6 Å². The van der Waals surface area contributed by atoms with Crippen molar-refractivity contribution in [3.05, 3.63) is 18.2 Å². The topological polar surface area (TPSA) is 88.1 Å². The van der Waals surface area contributed by atoms with Crippen LogP contribution in [0.4, 0.5) is 10.5 Å². The number of carbonyl (C=O) groups is 2. The van der Waals surface area contributed by atoms with E-state index in [9.17, 15) is 9.59 Å². The summed E-state index contributed by atoms with van der Waals surface area (Å²) < 4.78 is 10.4. The van der Waals surface area contributed by atoms with E-state index in [0.717, 1.165) is 0 Å². The molecule has 1 aromatic rings. The maximum Gasteiger partial charge on any atom is 0.322 e. The second-order valence-electron chi connectivity index (χ2n) is 4.39. The van der Waals surface area contributed by atoms with E-state index >= 15 is 0 Å². The highest BCUT2D eigenvalue weighted by Gasteiger charge is 2.31. The Morgan fingerprint density at radius 2 is 2.21 bits per heavy atom. The maximum absolute atomic E-state index is 11.8. The molecule has 2 N–H and O–H groups in total. The van der Waals surface area contributed by atoms with Crippen molar-refractivity contribution in [1.29, 1.82) is 0 Å². The van der Waals surface area contributed by atoms with Gasteiger partial charge in [0.25, 0.3) is 0 Å². The van der Waals surface area contributed by atoms with Crippen molar-refractivity contribution < 1.29 is 24.2 Å². The summed E-state index contributed by atoms with van der Waals surface area (Å²) >= 11 is 0. The molecule has 0 radical (unpaired) electrons. The first-order chi connectivity index (χ1) is 9.13. The van der Waals surface area contributed by atoms with Crippen molar-refractivity contribution >= 4 is 17.7 Å². The van der Waals surface area contributed by atoms with E-state index in [1.165, 1.54) is 4.90 Å². The zero-order valence-corrected chi connectivity index (χ0v) is 9.96. The normalized spacial score (nSPS) is 20.5. The van der Waals surface area contributed by atoms with Crippen LogP contribution in [-0.4, -0.2) is 36.5 Å². The molecule has 2 amide bonds. The van der Waals surface area contributed by atoms with Gasteiger partial charge in [0.2, 0.25) is 6.79 Å². The third-order valence-electron chi connectivity index (χ3n) is 3.06. The summed E-state index contributed by atoms with van der Waals surface area (Å²) in [5.41, 5.74) is 0.662. The number of amides is 2. The molecule has 0 spiro atoms. The van der Waals surface area contributed by atoms with Gasteiger partial charge in [-0.15, -0.1) is 0 Å². The lowest BCUT2D eigenvalue weighted by Gasteiger charge is -2.14. The Labute approximate surface area is 108 Å². The molecule has 1 aromatic carbocycles. The zero-order chi connectivity index (χ0) is 13.4. The SMILES string of the molecule is O=C(O)CC1CN(c2ccc3c(c2)OCO3)C(=O)N1. The first-order valence-electron chi connectivity index (χ1n) is 5.83. The van der Waals surface area contributed by atoms with Gasteiger partial charge in [-0.25, -0.2) is 4.79 Å². The van der Waals surface area contributed by atoms with Crippen molar-refractivity contribution in [2.45, 2.75) is 12.5 Å². The number of nitrogens with zero attached hydrogens (tertiary/aromatic N) is 1. The Balaban J connectivity index is 1.79. The summed E-state index contributed by atoms with van der Waals surface area (Å²) in [6.45, 7) is 0.497. The first kappa shape index (κ1) is 11.6. The number of carboxylic acids is 1. The largest absolute Gasteiger partial charge is 0.481 e. The maximum atomic E-state index is 11.8. The Morgan fingerprint density at radius 1 is 1.42 bits per heavy atom. The second kappa shape index (κ2) is 4.34. The number of hydrogen-bond donors (Lipinski definition) is 2. The van der Waals surface area contributed by atoms with Gasteiger partial charge in [-0.2, -0.15) is 0 Å². The van der Waals surface area contributed by atoms with Gasteiger partial charge in [0, 0.05) is 18.3 Å². The van der Waals surface area contributed by atoms with Crippen LogP contribution >= 0.6 is 0 Å². The number of nitrogens with one attached hydrogen (secondary N) is 1. The molecule has 1 fully saturated rings. The highest BCUT2D eigenvalue weighted by molar-refractivity contribution is 5.95. The van der Waals surface area contributed by atoms with E-state index in [0.29, 0.717) is 23.7 Å². The van der Waals surface area contributed by atoms with Gasteiger partial charge in [0.1, 0.15) is 0 Å². The van der Waals surface area contributed by atoms with Crippen LogP contribution in [0, 0.1) is 0 Å². The molecule has 0 aromatic heterocycles. The van der Waals surface area contributed by atoms with Crippen LogP contribution in [0.3, 0.4) is 0 Å². The van der Waals surface area contributed by atoms with Gasteiger partial charge in [0.15, 0.2) is 11.5 Å². The smallest absolute Gasteiger partial charge is 0.322 e. The van der Waals surface area contributed by atoms with Gasteiger partial charge in [-0.3, -0.25) is 9.69 Å². The van der Waals surface area contributed by atoms with Gasteiger partial charge >= 0.3 is 12.0 Å². The minimum atomic E-state index is -0.933. The van der Waals surface area contributed by atoms with Crippen molar-refractivity contribution in [3.8, 4) is 11.5 Å². The molecular weight excluding hydrogens is 252 g/mol. The summed E-state index contributed by atoms with van der Waals surface area (Å²) in [6, 6.07) is 4.51. The van der Waals surface area contributed by atoms with Crippen LogP contribution in [0.2, 0.25) is 0 Å². The molecule has 3 rings (SSSR count). The van der Waals surface area contributed by atoms with Crippen LogP contribution in [0.1, 0.15) is 6.42 Å². The summed E-state index contributed by atoms with van der Waals surface area (Å²) in [7, 11) is 0. The van der Waals surface area contributed by atoms with Crippen molar-refractivity contribution in [3.63, 3.8) is 0 Å². The molecule has 19 heavy (non-hydrogen) atoms. The third kappa shape index (κ3) is 2.14. The van der Waals surface area contributed by atoms with Gasteiger partial charge < -0.3 is 19.9 Å². The molecule has 2 heterocycles. The average Bonchev–Trinajstić information content (AvgIpc) is 2.93. The molecule has 1 atom stereocenters. The minimum absolute atomic E-state index is 0.0905. The summed E-state index contributed by atoms with van der Waals surface area (Å²) in [4.78, 5) is 24.0. The van der Waals surface area contributed by atoms with Gasteiger partial charge in [-0.1, -0.05) is 0 Å². The molecule has 0 saturated carbocycles. The number of urea groups is 1. The highest BCUT2D eigenvalue weighted by Crippen LogP contribution is 2.36. The van der Waals surface area contributed by atoms with Crippen molar-refractivity contribution in [2.24, 2.45) is 0 Å². The van der Waals surface area contributed by atoms with Crippen LogP contribution in [0.5, 0.6) is 11.5 Å². The van der Waals surface area contributed by atoms with Crippen molar-refractivity contribution in [1.82, 2.24) is 5.32 Å². The fraction of sp³-hybridized carbons (Fsp3) is 0.333. The molecule has 2 aliphatic heterocycles. The fourth-order valence-corrected chi connectivity index (χ4v) is 2.20. The lowest BCUT2D eigenvalue weighted by atomic mass is 10.2. The summed E-state index contributed by atoms with van der Waals surface area (Å²) in [5.74, 6) is 0.301. The molecule has 0 bridgehead atoms. The second-order valence-corrected chi connectivity index (χ2v) is 4.39. The molecule has 2 aliphatic rings. The number of hydrogen-bond acceptors (Lipinski definition) is 4. The first-order valence-corrected chi connectivity index (χ1v) is 5.83. The van der Waals surface area contributed by atoms with E-state index in [1.54, 1.807) is 18.2 Å². The Morgan fingerprint density at radius 3 is 3.00 bits per heavy atom. The Kier molecular flexibility index (Phi) is 2.66. The van der Waals surface area contributed by atoms with E-state index < -0.39 is 5.97 Å². The number of anilines is 1. The molecule has 1 saturated heterocycles. The third-order valence-corrected chi connectivity index (χ3v) is 3.06.